The van der Waals surface area contributed by atoms with Gasteiger partial charge < -0.3 is 9.88 Å². The van der Waals surface area contributed by atoms with Gasteiger partial charge in [-0.15, -0.1) is 0 Å². The molecule has 2 heterocycles. The molecule has 0 aliphatic heterocycles. The van der Waals surface area contributed by atoms with E-state index in [2.05, 4.69) is 23.8 Å². The van der Waals surface area contributed by atoms with Gasteiger partial charge in [0.15, 0.2) is 0 Å². The number of hydrogen-bond acceptors (Lipinski definition) is 2. The molecule has 0 atom stereocenters. The lowest BCUT2D eigenvalue weighted by Gasteiger charge is -2.21. The molecule has 19 heavy (non-hydrogen) atoms. The quantitative estimate of drug-likeness (QED) is 0.866. The van der Waals surface area contributed by atoms with E-state index >= 15 is 0 Å². The molecule has 2 rings (SSSR count). The molecule has 0 aliphatic rings. The van der Waals surface area contributed by atoms with Crippen molar-refractivity contribution in [2.75, 3.05) is 13.1 Å². The molecule has 0 aromatic carbocycles. The third-order valence-electron chi connectivity index (χ3n) is 3.18. The summed E-state index contributed by atoms with van der Waals surface area (Å²) in [6.07, 6.45) is 4.87. The number of nitrogens with one attached hydrogen (secondary N) is 1. The number of H-pyrrole nitrogens is 1. The van der Waals surface area contributed by atoms with Crippen molar-refractivity contribution in [1.82, 2.24) is 14.9 Å². The van der Waals surface area contributed by atoms with Crippen LogP contribution in [-0.4, -0.2) is 33.9 Å². The van der Waals surface area contributed by atoms with Crippen LogP contribution in [0.15, 0.2) is 24.4 Å². The van der Waals surface area contributed by atoms with E-state index in [9.17, 15) is 4.79 Å². The van der Waals surface area contributed by atoms with Gasteiger partial charge in [-0.3, -0.25) is 9.78 Å². The third-order valence-corrected chi connectivity index (χ3v) is 3.18. The standard InChI is InChI=1S/C15H21N3O/c1-3-5-10-18(9-4-2)15(19)14-11-13-12(17-14)7-6-8-16-13/h6-8,11,17H,3-5,9-10H2,1-2H3. The Morgan fingerprint density at radius 1 is 1.32 bits per heavy atom. The summed E-state index contributed by atoms with van der Waals surface area (Å²) < 4.78 is 0. The predicted molar refractivity (Wildman–Crippen MR) is 77.2 cm³/mol. The zero-order chi connectivity index (χ0) is 13.7. The van der Waals surface area contributed by atoms with Gasteiger partial charge in [0.2, 0.25) is 0 Å². The average Bonchev–Trinajstić information content (AvgIpc) is 2.86. The summed E-state index contributed by atoms with van der Waals surface area (Å²) in [5.41, 5.74) is 2.40. The first-order chi connectivity index (χ1) is 9.26. The topological polar surface area (TPSA) is 49.0 Å². The molecule has 0 unspecified atom stereocenters. The van der Waals surface area contributed by atoms with Gasteiger partial charge in [-0.25, -0.2) is 0 Å². The number of carbonyl (C=O) groups is 1. The largest absolute Gasteiger partial charge is 0.349 e. The second-order valence-corrected chi connectivity index (χ2v) is 4.76. The van der Waals surface area contributed by atoms with Crippen LogP contribution in [0.2, 0.25) is 0 Å². The highest BCUT2D eigenvalue weighted by Gasteiger charge is 2.16. The van der Waals surface area contributed by atoms with E-state index < -0.39 is 0 Å². The number of fused-ring (bicyclic) bond motifs is 1. The number of rotatable bonds is 6. The van der Waals surface area contributed by atoms with Crippen LogP contribution in [0.3, 0.4) is 0 Å². The van der Waals surface area contributed by atoms with Gasteiger partial charge in [0.1, 0.15) is 5.69 Å². The minimum atomic E-state index is 0.0771. The molecule has 0 saturated heterocycles. The zero-order valence-corrected chi connectivity index (χ0v) is 11.6. The SMILES string of the molecule is CCCCN(CCC)C(=O)c1cc2ncccc2[nH]1. The fraction of sp³-hybridized carbons (Fsp3) is 0.467. The molecular formula is C15H21N3O. The molecule has 0 aliphatic carbocycles. The van der Waals surface area contributed by atoms with E-state index in [1.54, 1.807) is 6.20 Å². The Morgan fingerprint density at radius 3 is 2.84 bits per heavy atom. The van der Waals surface area contributed by atoms with Gasteiger partial charge in [0, 0.05) is 19.3 Å². The molecule has 0 saturated carbocycles. The van der Waals surface area contributed by atoms with Crippen LogP contribution in [0.1, 0.15) is 43.6 Å². The van der Waals surface area contributed by atoms with Gasteiger partial charge in [0.05, 0.1) is 11.0 Å². The van der Waals surface area contributed by atoms with E-state index in [0.29, 0.717) is 5.69 Å². The summed E-state index contributed by atoms with van der Waals surface area (Å²) in [5.74, 6) is 0.0771. The Labute approximate surface area is 113 Å². The van der Waals surface area contributed by atoms with Crippen molar-refractivity contribution in [3.8, 4) is 0 Å². The minimum Gasteiger partial charge on any atom is -0.349 e. The fourth-order valence-electron chi connectivity index (χ4n) is 2.18. The zero-order valence-electron chi connectivity index (χ0n) is 11.6. The molecule has 0 radical (unpaired) electrons. The lowest BCUT2D eigenvalue weighted by atomic mass is 10.2. The van der Waals surface area contributed by atoms with Crippen molar-refractivity contribution in [2.45, 2.75) is 33.1 Å². The fourth-order valence-corrected chi connectivity index (χ4v) is 2.18. The molecule has 1 amide bonds. The van der Waals surface area contributed by atoms with E-state index in [-0.39, 0.29) is 5.91 Å². The molecule has 0 bridgehead atoms. The first-order valence-corrected chi connectivity index (χ1v) is 6.99. The van der Waals surface area contributed by atoms with E-state index in [1.165, 1.54) is 0 Å². The van der Waals surface area contributed by atoms with Gasteiger partial charge in [-0.05, 0) is 31.0 Å². The minimum absolute atomic E-state index is 0.0771. The van der Waals surface area contributed by atoms with Gasteiger partial charge >= 0.3 is 0 Å². The Balaban J connectivity index is 2.19. The number of hydrogen-bond donors (Lipinski definition) is 1. The Kier molecular flexibility index (Phi) is 4.55. The van der Waals surface area contributed by atoms with Crippen LogP contribution in [0.4, 0.5) is 0 Å². The van der Waals surface area contributed by atoms with Crippen LogP contribution in [0.5, 0.6) is 0 Å². The molecule has 2 aromatic heterocycles. The van der Waals surface area contributed by atoms with Crippen molar-refractivity contribution in [3.05, 3.63) is 30.1 Å². The highest BCUT2D eigenvalue weighted by atomic mass is 16.2. The predicted octanol–water partition coefficient (Wildman–Crippen LogP) is 3.22. The molecule has 4 nitrogen and oxygen atoms in total. The smallest absolute Gasteiger partial charge is 0.270 e. The lowest BCUT2D eigenvalue weighted by molar-refractivity contribution is 0.0748. The monoisotopic (exact) mass is 259 g/mol. The molecule has 4 heteroatoms. The van der Waals surface area contributed by atoms with Gasteiger partial charge in [-0.1, -0.05) is 20.3 Å². The molecule has 0 fully saturated rings. The first kappa shape index (κ1) is 13.6. The normalized spacial score (nSPS) is 10.8. The highest BCUT2D eigenvalue weighted by Crippen LogP contribution is 2.14. The van der Waals surface area contributed by atoms with Crippen LogP contribution in [-0.2, 0) is 0 Å². The average molecular weight is 259 g/mol. The van der Waals surface area contributed by atoms with Crippen LogP contribution in [0, 0.1) is 0 Å². The maximum atomic E-state index is 12.5. The highest BCUT2D eigenvalue weighted by molar-refractivity contribution is 5.97. The summed E-state index contributed by atoms with van der Waals surface area (Å²) in [4.78, 5) is 21.8. The van der Waals surface area contributed by atoms with Crippen LogP contribution in [0.25, 0.3) is 11.0 Å². The van der Waals surface area contributed by atoms with E-state index in [4.69, 9.17) is 0 Å². The summed E-state index contributed by atoms with van der Waals surface area (Å²) >= 11 is 0. The number of carbonyl (C=O) groups excluding carboxylic acids is 1. The number of unbranched alkanes of at least 4 members (excludes halogenated alkanes) is 1. The van der Waals surface area contributed by atoms with Crippen molar-refractivity contribution < 1.29 is 4.79 Å². The van der Waals surface area contributed by atoms with Gasteiger partial charge in [-0.2, -0.15) is 0 Å². The van der Waals surface area contributed by atoms with Crippen molar-refractivity contribution in [1.29, 1.82) is 0 Å². The van der Waals surface area contributed by atoms with Crippen LogP contribution >= 0.6 is 0 Å². The maximum absolute atomic E-state index is 12.5. The summed E-state index contributed by atoms with van der Waals surface area (Å²) in [7, 11) is 0. The summed E-state index contributed by atoms with van der Waals surface area (Å²) in [5, 5.41) is 0. The maximum Gasteiger partial charge on any atom is 0.270 e. The van der Waals surface area contributed by atoms with Crippen molar-refractivity contribution >= 4 is 16.9 Å². The lowest BCUT2D eigenvalue weighted by Crippen LogP contribution is -2.32. The van der Waals surface area contributed by atoms with Crippen LogP contribution < -0.4 is 0 Å². The Hall–Kier alpha value is -1.84. The molecule has 0 spiro atoms. The number of aromatic nitrogens is 2. The third kappa shape index (κ3) is 3.13. The number of aromatic amines is 1. The first-order valence-electron chi connectivity index (χ1n) is 6.99. The summed E-state index contributed by atoms with van der Waals surface area (Å²) in [6.45, 7) is 5.87. The molecule has 1 N–H and O–H groups in total. The number of amides is 1. The van der Waals surface area contributed by atoms with E-state index in [0.717, 1.165) is 43.4 Å². The summed E-state index contributed by atoms with van der Waals surface area (Å²) in [6, 6.07) is 5.65. The Bertz CT molecular complexity index is 514. The Morgan fingerprint density at radius 2 is 2.16 bits per heavy atom. The second kappa shape index (κ2) is 6.36. The molecular weight excluding hydrogens is 238 g/mol. The molecule has 2 aromatic rings. The van der Waals surface area contributed by atoms with Crippen molar-refractivity contribution in [2.24, 2.45) is 0 Å². The number of pyridine rings is 1. The van der Waals surface area contributed by atoms with E-state index in [1.807, 2.05) is 23.1 Å². The number of nitrogens with zero attached hydrogens (tertiary/aromatic N) is 2. The molecule has 102 valence electrons. The van der Waals surface area contributed by atoms with Crippen molar-refractivity contribution in [3.63, 3.8) is 0 Å². The van der Waals surface area contributed by atoms with Gasteiger partial charge in [0.25, 0.3) is 5.91 Å². The second-order valence-electron chi connectivity index (χ2n) is 4.76.